The van der Waals surface area contributed by atoms with Crippen LogP contribution < -0.4 is 4.72 Å². The maximum atomic E-state index is 13.2. The molecule has 6 nitrogen and oxygen atoms in total. The van der Waals surface area contributed by atoms with Crippen LogP contribution in [-0.2, 0) is 22.6 Å². The molecule has 1 heterocycles. The van der Waals surface area contributed by atoms with Crippen molar-refractivity contribution in [1.82, 2.24) is 14.9 Å². The van der Waals surface area contributed by atoms with Gasteiger partial charge in [-0.2, -0.15) is 18.2 Å². The van der Waals surface area contributed by atoms with Gasteiger partial charge in [-0.15, -0.1) is 0 Å². The summed E-state index contributed by atoms with van der Waals surface area (Å²) in [5, 5.41) is 3.26. The van der Waals surface area contributed by atoms with E-state index in [1.54, 1.807) is 12.1 Å². The van der Waals surface area contributed by atoms with Gasteiger partial charge in [0.2, 0.25) is 10.0 Å². The third-order valence-electron chi connectivity index (χ3n) is 5.06. The number of alkyl halides is 3. The standard InChI is InChI=1S/C25H20F3N3O3S/c26-25(27,28)24-29-23(30-34-24)15-14-19-10-7-13-21(16-19)35(32,33)31-22(20-11-5-2-6-12-20)17-18-8-3-1-4-9-18/h1-16,22,31H,17H2/b15-14+. The second kappa shape index (κ2) is 10.2. The molecular weight excluding hydrogens is 479 g/mol. The Morgan fingerprint density at radius 2 is 1.60 bits per heavy atom. The monoisotopic (exact) mass is 499 g/mol. The van der Waals surface area contributed by atoms with E-state index in [-0.39, 0.29) is 10.7 Å². The lowest BCUT2D eigenvalue weighted by molar-refractivity contribution is -0.159. The van der Waals surface area contributed by atoms with Crippen molar-refractivity contribution in [3.05, 3.63) is 113 Å². The molecule has 0 aliphatic rings. The molecule has 1 N–H and O–H groups in total. The zero-order valence-corrected chi connectivity index (χ0v) is 19.0. The molecule has 0 radical (unpaired) electrons. The van der Waals surface area contributed by atoms with Gasteiger partial charge in [-0.25, -0.2) is 13.1 Å². The first kappa shape index (κ1) is 24.4. The Morgan fingerprint density at radius 1 is 0.914 bits per heavy atom. The maximum absolute atomic E-state index is 13.2. The molecule has 3 aromatic carbocycles. The molecule has 1 atom stereocenters. The summed E-state index contributed by atoms with van der Waals surface area (Å²) < 4.78 is 71.3. The number of benzene rings is 3. The third kappa shape index (κ3) is 6.43. The molecule has 1 unspecified atom stereocenters. The van der Waals surface area contributed by atoms with Crippen LogP contribution in [0.3, 0.4) is 0 Å². The molecule has 4 aromatic rings. The van der Waals surface area contributed by atoms with Crippen LogP contribution in [-0.4, -0.2) is 18.6 Å². The molecular formula is C25H20F3N3O3S. The molecule has 0 fully saturated rings. The van der Waals surface area contributed by atoms with Crippen molar-refractivity contribution in [2.45, 2.75) is 23.5 Å². The first-order chi connectivity index (χ1) is 16.7. The van der Waals surface area contributed by atoms with Crippen LogP contribution in [0.2, 0.25) is 0 Å². The molecule has 0 saturated carbocycles. The molecule has 4 rings (SSSR count). The van der Waals surface area contributed by atoms with Crippen LogP contribution in [0.15, 0.2) is 94.3 Å². The van der Waals surface area contributed by atoms with E-state index >= 15 is 0 Å². The number of rotatable bonds is 8. The van der Waals surface area contributed by atoms with Crippen LogP contribution in [0.4, 0.5) is 13.2 Å². The van der Waals surface area contributed by atoms with E-state index in [2.05, 4.69) is 19.4 Å². The average Bonchev–Trinajstić information content (AvgIpc) is 3.34. The highest BCUT2D eigenvalue weighted by Gasteiger charge is 2.38. The van der Waals surface area contributed by atoms with Gasteiger partial charge in [0.15, 0.2) is 5.82 Å². The van der Waals surface area contributed by atoms with Gasteiger partial charge in [0.05, 0.1) is 10.9 Å². The highest BCUT2D eigenvalue weighted by Crippen LogP contribution is 2.27. The minimum absolute atomic E-state index is 0.0118. The summed E-state index contributed by atoms with van der Waals surface area (Å²) in [5.41, 5.74) is 2.22. The second-order valence-electron chi connectivity index (χ2n) is 7.64. The Bertz CT molecular complexity index is 1400. The molecule has 0 aliphatic heterocycles. The molecule has 0 aliphatic carbocycles. The van der Waals surface area contributed by atoms with Crippen molar-refractivity contribution >= 4 is 22.2 Å². The Balaban J connectivity index is 1.56. The van der Waals surface area contributed by atoms with Crippen molar-refractivity contribution in [1.29, 1.82) is 0 Å². The second-order valence-corrected chi connectivity index (χ2v) is 9.35. The largest absolute Gasteiger partial charge is 0.471 e. The summed E-state index contributed by atoms with van der Waals surface area (Å²) >= 11 is 0. The predicted octanol–water partition coefficient (Wildman–Crippen LogP) is 5.52. The summed E-state index contributed by atoms with van der Waals surface area (Å²) in [6, 6.07) is 24.3. The van der Waals surface area contributed by atoms with Gasteiger partial charge in [-0.05, 0) is 41.3 Å². The van der Waals surface area contributed by atoms with Gasteiger partial charge >= 0.3 is 12.1 Å². The van der Waals surface area contributed by atoms with E-state index in [1.807, 2.05) is 60.7 Å². The Labute approximate surface area is 200 Å². The van der Waals surface area contributed by atoms with Gasteiger partial charge in [0.25, 0.3) is 0 Å². The van der Waals surface area contributed by atoms with Crippen LogP contribution in [0.25, 0.3) is 12.2 Å². The van der Waals surface area contributed by atoms with E-state index in [0.717, 1.165) is 11.1 Å². The molecule has 10 heteroatoms. The molecule has 0 spiro atoms. The number of hydrogen-bond donors (Lipinski definition) is 1. The van der Waals surface area contributed by atoms with Crippen molar-refractivity contribution in [2.24, 2.45) is 0 Å². The quantitative estimate of drug-likeness (QED) is 0.345. The summed E-state index contributed by atoms with van der Waals surface area (Å²) in [7, 11) is -3.93. The summed E-state index contributed by atoms with van der Waals surface area (Å²) in [6.45, 7) is 0. The molecule has 1 aromatic heterocycles. The first-order valence-corrected chi connectivity index (χ1v) is 12.0. The Hall–Kier alpha value is -3.76. The van der Waals surface area contributed by atoms with E-state index < -0.39 is 28.1 Å². The molecule has 0 amide bonds. The van der Waals surface area contributed by atoms with Gasteiger partial charge in [-0.3, -0.25) is 0 Å². The van der Waals surface area contributed by atoms with Crippen LogP contribution in [0, 0.1) is 0 Å². The average molecular weight is 500 g/mol. The predicted molar refractivity (Wildman–Crippen MR) is 124 cm³/mol. The summed E-state index contributed by atoms with van der Waals surface area (Å²) in [4.78, 5) is 3.27. The fraction of sp³-hybridized carbons (Fsp3) is 0.120. The summed E-state index contributed by atoms with van der Waals surface area (Å²) in [5.74, 6) is -1.74. The van der Waals surface area contributed by atoms with Crippen LogP contribution in [0.5, 0.6) is 0 Å². The number of hydrogen-bond acceptors (Lipinski definition) is 5. The topological polar surface area (TPSA) is 85.1 Å². The Morgan fingerprint density at radius 3 is 2.26 bits per heavy atom. The van der Waals surface area contributed by atoms with Crippen LogP contribution >= 0.6 is 0 Å². The fourth-order valence-electron chi connectivity index (χ4n) is 3.39. The highest BCUT2D eigenvalue weighted by molar-refractivity contribution is 7.89. The van der Waals surface area contributed by atoms with Crippen molar-refractivity contribution in [3.8, 4) is 0 Å². The van der Waals surface area contributed by atoms with E-state index in [1.165, 1.54) is 24.3 Å². The van der Waals surface area contributed by atoms with Crippen molar-refractivity contribution in [2.75, 3.05) is 0 Å². The number of sulfonamides is 1. The lowest BCUT2D eigenvalue weighted by Crippen LogP contribution is -2.30. The lowest BCUT2D eigenvalue weighted by atomic mass is 10.00. The maximum Gasteiger partial charge on any atom is 0.471 e. The third-order valence-corrected chi connectivity index (χ3v) is 6.53. The zero-order chi connectivity index (χ0) is 24.9. The van der Waals surface area contributed by atoms with Gasteiger partial charge in [0.1, 0.15) is 0 Å². The first-order valence-electron chi connectivity index (χ1n) is 10.5. The van der Waals surface area contributed by atoms with Crippen LogP contribution in [0.1, 0.15) is 34.4 Å². The van der Waals surface area contributed by atoms with Gasteiger partial charge in [-0.1, -0.05) is 84.0 Å². The molecule has 0 saturated heterocycles. The van der Waals surface area contributed by atoms with Gasteiger partial charge < -0.3 is 4.52 Å². The van der Waals surface area contributed by atoms with E-state index in [9.17, 15) is 21.6 Å². The highest BCUT2D eigenvalue weighted by atomic mass is 32.2. The molecule has 35 heavy (non-hydrogen) atoms. The fourth-order valence-corrected chi connectivity index (χ4v) is 4.67. The normalized spacial score (nSPS) is 13.2. The van der Waals surface area contributed by atoms with Gasteiger partial charge in [0, 0.05) is 0 Å². The van der Waals surface area contributed by atoms with E-state index in [0.29, 0.717) is 12.0 Å². The Kier molecular flexibility index (Phi) is 7.13. The number of aromatic nitrogens is 2. The number of nitrogens with one attached hydrogen (secondary N) is 1. The minimum atomic E-state index is -4.74. The van der Waals surface area contributed by atoms with Crippen molar-refractivity contribution in [3.63, 3.8) is 0 Å². The SMILES string of the molecule is O=S(=O)(NC(Cc1ccccc1)c1ccccc1)c1cccc(/C=C/c2noc(C(F)(F)F)n2)c1. The van der Waals surface area contributed by atoms with Crippen molar-refractivity contribution < 1.29 is 26.1 Å². The number of nitrogens with zero attached hydrogens (tertiary/aromatic N) is 2. The zero-order valence-electron chi connectivity index (χ0n) is 18.2. The summed E-state index contributed by atoms with van der Waals surface area (Å²) in [6.07, 6.45) is -1.68. The smallest absolute Gasteiger partial charge is 0.329 e. The van der Waals surface area contributed by atoms with E-state index in [4.69, 9.17) is 0 Å². The number of halogens is 3. The lowest BCUT2D eigenvalue weighted by Gasteiger charge is -2.20. The molecule has 180 valence electrons. The minimum Gasteiger partial charge on any atom is -0.329 e. The molecule has 0 bridgehead atoms.